The van der Waals surface area contributed by atoms with Crippen LogP contribution < -0.4 is 9.64 Å². The highest BCUT2D eigenvalue weighted by Crippen LogP contribution is 2.59. The summed E-state index contributed by atoms with van der Waals surface area (Å²) in [5.41, 5.74) is 5.09. The van der Waals surface area contributed by atoms with Crippen molar-refractivity contribution in [1.82, 2.24) is 0 Å². The monoisotopic (exact) mass is 447 g/mol. The number of ether oxygens (including phenoxy) is 1. The van der Waals surface area contributed by atoms with Gasteiger partial charge in [0.25, 0.3) is 0 Å². The predicted molar refractivity (Wildman–Crippen MR) is 132 cm³/mol. The molecular formula is C30H25NO3. The van der Waals surface area contributed by atoms with Gasteiger partial charge in [-0.3, -0.25) is 9.59 Å². The number of allylic oxidation sites excluding steroid dienone is 3. The number of para-hydroxylation sites is 2. The average Bonchev–Trinajstić information content (AvgIpc) is 3.51. The second-order valence-corrected chi connectivity index (χ2v) is 8.96. The van der Waals surface area contributed by atoms with E-state index in [-0.39, 0.29) is 35.5 Å². The van der Waals surface area contributed by atoms with Crippen molar-refractivity contribution in [2.75, 3.05) is 11.5 Å². The summed E-state index contributed by atoms with van der Waals surface area (Å²) in [5, 5.41) is 0. The summed E-state index contributed by atoms with van der Waals surface area (Å²) in [4.78, 5) is 28.9. The lowest BCUT2D eigenvalue weighted by atomic mass is 9.85. The smallest absolute Gasteiger partial charge is 0.238 e. The molecule has 2 aliphatic carbocycles. The molecule has 4 atom stereocenters. The minimum atomic E-state index is -0.380. The molecule has 1 heterocycles. The zero-order chi connectivity index (χ0) is 23.2. The van der Waals surface area contributed by atoms with Crippen molar-refractivity contribution in [1.29, 1.82) is 0 Å². The maximum atomic E-state index is 13.8. The third kappa shape index (κ3) is 2.98. The maximum absolute atomic E-state index is 13.8. The number of hydrogen-bond donors (Lipinski definition) is 0. The number of rotatable bonds is 5. The number of imide groups is 1. The number of carbonyl (C=O) groups excluding carboxylic acids is 2. The number of amides is 2. The number of carbonyl (C=O) groups is 2. The Labute approximate surface area is 199 Å². The average molecular weight is 448 g/mol. The van der Waals surface area contributed by atoms with E-state index in [4.69, 9.17) is 4.74 Å². The van der Waals surface area contributed by atoms with E-state index in [9.17, 15) is 9.59 Å². The first kappa shape index (κ1) is 20.7. The molecule has 0 unspecified atom stereocenters. The largest absolute Gasteiger partial charge is 0.492 e. The third-order valence-corrected chi connectivity index (χ3v) is 7.24. The molecule has 4 heteroatoms. The molecule has 2 bridgehead atoms. The van der Waals surface area contributed by atoms with Crippen molar-refractivity contribution in [3.05, 3.63) is 114 Å². The zero-order valence-corrected chi connectivity index (χ0v) is 18.9. The van der Waals surface area contributed by atoms with Gasteiger partial charge >= 0.3 is 0 Å². The minimum Gasteiger partial charge on any atom is -0.492 e. The summed E-state index contributed by atoms with van der Waals surface area (Å²) in [5.74, 6) is -0.632. The van der Waals surface area contributed by atoms with Crippen molar-refractivity contribution in [2.45, 2.75) is 6.92 Å². The van der Waals surface area contributed by atoms with Crippen LogP contribution in [0.2, 0.25) is 0 Å². The Bertz CT molecular complexity index is 1250. The van der Waals surface area contributed by atoms with Crippen molar-refractivity contribution in [3.8, 4) is 5.75 Å². The lowest BCUT2D eigenvalue weighted by Crippen LogP contribution is -2.33. The van der Waals surface area contributed by atoms with Gasteiger partial charge in [-0.1, -0.05) is 84.9 Å². The molecule has 3 aliphatic rings. The highest BCUT2D eigenvalue weighted by molar-refractivity contribution is 6.24. The first-order valence-corrected chi connectivity index (χ1v) is 11.8. The second-order valence-electron chi connectivity index (χ2n) is 8.96. The van der Waals surface area contributed by atoms with Crippen LogP contribution in [-0.2, 0) is 9.59 Å². The van der Waals surface area contributed by atoms with Crippen molar-refractivity contribution in [3.63, 3.8) is 0 Å². The van der Waals surface area contributed by atoms with Gasteiger partial charge in [-0.15, -0.1) is 0 Å². The Morgan fingerprint density at radius 1 is 0.735 bits per heavy atom. The molecule has 2 fully saturated rings. The molecule has 34 heavy (non-hydrogen) atoms. The number of fused-ring (bicyclic) bond motifs is 5. The van der Waals surface area contributed by atoms with Gasteiger partial charge < -0.3 is 4.74 Å². The highest BCUT2D eigenvalue weighted by Gasteiger charge is 2.62. The fourth-order valence-electron chi connectivity index (χ4n) is 5.96. The van der Waals surface area contributed by atoms with Gasteiger partial charge in [0.1, 0.15) is 5.75 Å². The summed E-state index contributed by atoms with van der Waals surface area (Å²) >= 11 is 0. The van der Waals surface area contributed by atoms with E-state index in [1.165, 1.54) is 10.5 Å². The van der Waals surface area contributed by atoms with Crippen LogP contribution in [0.25, 0.3) is 5.57 Å². The SMILES string of the molecule is CCOc1ccccc1N1C(=O)[C@@H]2[C@@H](C1=O)[C@H]1C=C[C@@H]2C1=C(c1ccccc1)c1ccccc1. The minimum absolute atomic E-state index is 0.0916. The van der Waals surface area contributed by atoms with Gasteiger partial charge in [-0.25, -0.2) is 4.90 Å². The van der Waals surface area contributed by atoms with Gasteiger partial charge in [0.15, 0.2) is 0 Å². The Morgan fingerprint density at radius 3 is 1.76 bits per heavy atom. The zero-order valence-electron chi connectivity index (χ0n) is 18.9. The van der Waals surface area contributed by atoms with E-state index in [0.29, 0.717) is 18.0 Å². The first-order chi connectivity index (χ1) is 16.7. The second kappa shape index (κ2) is 8.14. The summed E-state index contributed by atoms with van der Waals surface area (Å²) in [6.07, 6.45) is 4.27. The lowest BCUT2D eigenvalue weighted by molar-refractivity contribution is -0.123. The summed E-state index contributed by atoms with van der Waals surface area (Å²) < 4.78 is 5.74. The molecule has 0 aromatic heterocycles. The fraction of sp³-hybridized carbons (Fsp3) is 0.200. The van der Waals surface area contributed by atoms with Crippen LogP contribution in [0.3, 0.4) is 0 Å². The van der Waals surface area contributed by atoms with Gasteiger partial charge in [0.2, 0.25) is 11.8 Å². The summed E-state index contributed by atoms with van der Waals surface area (Å²) in [6, 6.07) is 27.9. The number of anilines is 1. The Balaban J connectivity index is 1.47. The van der Waals surface area contributed by atoms with E-state index in [1.54, 1.807) is 6.07 Å². The first-order valence-electron chi connectivity index (χ1n) is 11.8. The topological polar surface area (TPSA) is 46.6 Å². The van der Waals surface area contributed by atoms with Gasteiger partial charge in [-0.2, -0.15) is 0 Å². The molecule has 0 radical (unpaired) electrons. The molecule has 0 N–H and O–H groups in total. The molecule has 3 aromatic carbocycles. The van der Waals surface area contributed by atoms with E-state index in [2.05, 4.69) is 36.4 Å². The molecule has 6 rings (SSSR count). The van der Waals surface area contributed by atoms with Crippen molar-refractivity contribution in [2.24, 2.45) is 23.7 Å². The van der Waals surface area contributed by atoms with Gasteiger partial charge in [-0.05, 0) is 41.3 Å². The molecule has 1 saturated heterocycles. The van der Waals surface area contributed by atoms with Crippen LogP contribution in [0.1, 0.15) is 18.1 Å². The summed E-state index contributed by atoms with van der Waals surface area (Å²) in [7, 11) is 0. The van der Waals surface area contributed by atoms with E-state index in [0.717, 1.165) is 16.7 Å². The van der Waals surface area contributed by atoms with Gasteiger partial charge in [0.05, 0.1) is 24.1 Å². The molecule has 4 nitrogen and oxygen atoms in total. The molecular weight excluding hydrogens is 422 g/mol. The van der Waals surface area contributed by atoms with Crippen molar-refractivity contribution < 1.29 is 14.3 Å². The molecule has 168 valence electrons. The number of nitrogens with zero attached hydrogens (tertiary/aromatic N) is 1. The van der Waals surface area contributed by atoms with Crippen molar-refractivity contribution >= 4 is 23.1 Å². The standard InChI is InChI=1S/C30H25NO3/c1-2-34-24-16-10-9-15-23(24)31-29(32)27-21-17-18-22(28(27)30(31)33)26(21)25(19-11-5-3-6-12-19)20-13-7-4-8-14-20/h3-18,21-22,27-28H,2H2,1H3/t21-,22+,27-,28-/m0/s1. The Kier molecular flexibility index (Phi) is 4.95. The maximum Gasteiger partial charge on any atom is 0.238 e. The van der Waals surface area contributed by atoms with E-state index >= 15 is 0 Å². The Hall–Kier alpha value is -3.92. The molecule has 3 aromatic rings. The van der Waals surface area contributed by atoms with Crippen LogP contribution in [-0.4, -0.2) is 18.4 Å². The van der Waals surface area contributed by atoms with Crippen LogP contribution in [0.15, 0.2) is 103 Å². The highest BCUT2D eigenvalue weighted by atomic mass is 16.5. The normalized spacial score (nSPS) is 24.6. The number of hydrogen-bond acceptors (Lipinski definition) is 3. The molecule has 0 spiro atoms. The number of benzene rings is 3. The third-order valence-electron chi connectivity index (χ3n) is 7.24. The van der Waals surface area contributed by atoms with Crippen LogP contribution in [0.5, 0.6) is 5.75 Å². The predicted octanol–water partition coefficient (Wildman–Crippen LogP) is 5.51. The molecule has 1 aliphatic heterocycles. The van der Waals surface area contributed by atoms with Crippen LogP contribution in [0, 0.1) is 23.7 Å². The van der Waals surface area contributed by atoms with E-state index < -0.39 is 0 Å². The lowest BCUT2D eigenvalue weighted by Gasteiger charge is -2.23. The Morgan fingerprint density at radius 2 is 1.24 bits per heavy atom. The quantitative estimate of drug-likeness (QED) is 0.383. The van der Waals surface area contributed by atoms with Crippen LogP contribution >= 0.6 is 0 Å². The van der Waals surface area contributed by atoms with E-state index in [1.807, 2.05) is 61.5 Å². The molecule has 1 saturated carbocycles. The van der Waals surface area contributed by atoms with Crippen LogP contribution in [0.4, 0.5) is 5.69 Å². The summed E-state index contributed by atoms with van der Waals surface area (Å²) in [6.45, 7) is 2.37. The van der Waals surface area contributed by atoms with Gasteiger partial charge in [0, 0.05) is 11.8 Å². The fourth-order valence-corrected chi connectivity index (χ4v) is 5.96. The molecule has 2 amide bonds.